The Hall–Kier alpha value is -2.90. The van der Waals surface area contributed by atoms with Gasteiger partial charge < -0.3 is 5.11 Å². The molecule has 4 aromatic carbocycles. The maximum atomic E-state index is 9.32. The summed E-state index contributed by atoms with van der Waals surface area (Å²) in [6, 6.07) is 34.0. The average Bonchev–Trinajstić information content (AvgIpc) is 2.69. The summed E-state index contributed by atoms with van der Waals surface area (Å²) in [4.78, 5) is 0. The quantitative estimate of drug-likeness (QED) is 0.491. The molecule has 122 valence electrons. The van der Waals surface area contributed by atoms with Gasteiger partial charge in [-0.2, -0.15) is 0 Å². The van der Waals surface area contributed by atoms with Gasteiger partial charge in [0.25, 0.3) is 0 Å². The molecule has 0 heterocycles. The van der Waals surface area contributed by atoms with Crippen molar-refractivity contribution in [2.45, 2.75) is 12.5 Å². The van der Waals surface area contributed by atoms with E-state index in [0.29, 0.717) is 0 Å². The molecule has 1 nitrogen and oxygen atoms in total. The highest BCUT2D eigenvalue weighted by Crippen LogP contribution is 2.33. The molecule has 4 rings (SSSR count). The SMILES string of the molecule is OCc1ccc([C@@H](c2ccccc2)c2ccc3ccccc3c2)cc1. The lowest BCUT2D eigenvalue weighted by Crippen LogP contribution is -2.03. The van der Waals surface area contributed by atoms with Crippen LogP contribution in [0.15, 0.2) is 97.1 Å². The molecule has 4 aromatic rings. The molecule has 1 atom stereocenters. The third kappa shape index (κ3) is 3.19. The first-order valence-electron chi connectivity index (χ1n) is 8.58. The van der Waals surface area contributed by atoms with Crippen LogP contribution in [0.4, 0.5) is 0 Å². The van der Waals surface area contributed by atoms with E-state index >= 15 is 0 Å². The summed E-state index contributed by atoms with van der Waals surface area (Å²) in [5, 5.41) is 11.8. The van der Waals surface area contributed by atoms with Crippen molar-refractivity contribution >= 4 is 10.8 Å². The van der Waals surface area contributed by atoms with Gasteiger partial charge in [0.2, 0.25) is 0 Å². The minimum atomic E-state index is 0.0757. The van der Waals surface area contributed by atoms with Crippen LogP contribution < -0.4 is 0 Å². The van der Waals surface area contributed by atoms with E-state index in [4.69, 9.17) is 0 Å². The molecule has 0 aliphatic rings. The molecule has 0 saturated carbocycles. The predicted molar refractivity (Wildman–Crippen MR) is 104 cm³/mol. The first-order valence-corrected chi connectivity index (χ1v) is 8.58. The van der Waals surface area contributed by atoms with Crippen LogP contribution in [0.1, 0.15) is 28.2 Å². The van der Waals surface area contributed by atoms with E-state index in [-0.39, 0.29) is 12.5 Å². The van der Waals surface area contributed by atoms with Crippen molar-refractivity contribution in [1.82, 2.24) is 0 Å². The van der Waals surface area contributed by atoms with E-state index in [1.54, 1.807) is 0 Å². The molecule has 0 unspecified atom stereocenters. The Bertz CT molecular complexity index is 972. The summed E-state index contributed by atoms with van der Waals surface area (Å²) in [5.74, 6) is 0.179. The van der Waals surface area contributed by atoms with Crippen molar-refractivity contribution in [2.24, 2.45) is 0 Å². The van der Waals surface area contributed by atoms with Gasteiger partial charge >= 0.3 is 0 Å². The molecule has 0 spiro atoms. The van der Waals surface area contributed by atoms with Crippen molar-refractivity contribution in [1.29, 1.82) is 0 Å². The average molecular weight is 324 g/mol. The highest BCUT2D eigenvalue weighted by atomic mass is 16.3. The predicted octanol–water partition coefficient (Wildman–Crippen LogP) is 5.51. The molecule has 1 heteroatoms. The highest BCUT2D eigenvalue weighted by molar-refractivity contribution is 5.83. The maximum absolute atomic E-state index is 9.32. The van der Waals surface area contributed by atoms with Crippen molar-refractivity contribution in [3.8, 4) is 0 Å². The van der Waals surface area contributed by atoms with E-state index in [9.17, 15) is 5.11 Å². The Morgan fingerprint density at radius 2 is 1.16 bits per heavy atom. The highest BCUT2D eigenvalue weighted by Gasteiger charge is 2.17. The summed E-state index contributed by atoms with van der Waals surface area (Å²) >= 11 is 0. The molecule has 1 N–H and O–H groups in total. The molecule has 0 radical (unpaired) electrons. The van der Waals surface area contributed by atoms with Crippen LogP contribution in [-0.4, -0.2) is 5.11 Å². The second-order valence-corrected chi connectivity index (χ2v) is 6.35. The number of hydrogen-bond donors (Lipinski definition) is 1. The second-order valence-electron chi connectivity index (χ2n) is 6.35. The Morgan fingerprint density at radius 3 is 1.88 bits per heavy atom. The van der Waals surface area contributed by atoms with Crippen LogP contribution in [0, 0.1) is 0 Å². The summed E-state index contributed by atoms with van der Waals surface area (Å²) in [6.45, 7) is 0.0757. The zero-order valence-electron chi connectivity index (χ0n) is 14.0. The van der Waals surface area contributed by atoms with E-state index in [1.807, 2.05) is 12.1 Å². The van der Waals surface area contributed by atoms with Gasteiger partial charge in [-0.05, 0) is 33.0 Å². The third-order valence-electron chi connectivity index (χ3n) is 4.74. The van der Waals surface area contributed by atoms with Crippen molar-refractivity contribution in [3.63, 3.8) is 0 Å². The monoisotopic (exact) mass is 324 g/mol. The lowest BCUT2D eigenvalue weighted by atomic mass is 9.84. The lowest BCUT2D eigenvalue weighted by Gasteiger charge is -2.20. The van der Waals surface area contributed by atoms with Crippen LogP contribution in [0.25, 0.3) is 10.8 Å². The second kappa shape index (κ2) is 6.92. The van der Waals surface area contributed by atoms with E-state index in [1.165, 1.54) is 27.5 Å². The number of aliphatic hydroxyl groups is 1. The van der Waals surface area contributed by atoms with Crippen LogP contribution in [0.3, 0.4) is 0 Å². The van der Waals surface area contributed by atoms with Gasteiger partial charge in [-0.3, -0.25) is 0 Å². The summed E-state index contributed by atoms with van der Waals surface area (Å²) in [5.41, 5.74) is 4.73. The van der Waals surface area contributed by atoms with Gasteiger partial charge in [0.15, 0.2) is 0 Å². The fourth-order valence-electron chi connectivity index (χ4n) is 3.43. The zero-order chi connectivity index (χ0) is 17.1. The fourth-order valence-corrected chi connectivity index (χ4v) is 3.43. The van der Waals surface area contributed by atoms with Gasteiger partial charge in [-0.15, -0.1) is 0 Å². The third-order valence-corrected chi connectivity index (χ3v) is 4.74. The van der Waals surface area contributed by atoms with Crippen LogP contribution >= 0.6 is 0 Å². The van der Waals surface area contributed by atoms with E-state index in [2.05, 4.69) is 84.9 Å². The standard InChI is InChI=1S/C24H20O/c25-17-18-10-12-21(13-11-18)24(20-7-2-1-3-8-20)23-15-14-19-6-4-5-9-22(19)16-23/h1-16,24-25H,17H2/t24-/m1/s1. The van der Waals surface area contributed by atoms with Crippen molar-refractivity contribution < 1.29 is 5.11 Å². The van der Waals surface area contributed by atoms with Crippen molar-refractivity contribution in [2.75, 3.05) is 0 Å². The summed E-state index contributed by atoms with van der Waals surface area (Å²) < 4.78 is 0. The number of aliphatic hydroxyl groups excluding tert-OH is 1. The van der Waals surface area contributed by atoms with Crippen molar-refractivity contribution in [3.05, 3.63) is 119 Å². The lowest BCUT2D eigenvalue weighted by molar-refractivity contribution is 0.282. The number of benzene rings is 4. The Labute approximate surface area is 148 Å². The molecule has 25 heavy (non-hydrogen) atoms. The molecule has 0 amide bonds. The number of hydrogen-bond acceptors (Lipinski definition) is 1. The van der Waals surface area contributed by atoms with Crippen LogP contribution in [-0.2, 0) is 6.61 Å². The first kappa shape index (κ1) is 15.6. The summed E-state index contributed by atoms with van der Waals surface area (Å²) in [7, 11) is 0. The normalized spacial score (nSPS) is 12.2. The largest absolute Gasteiger partial charge is 0.392 e. The molecule has 0 aliphatic heterocycles. The van der Waals surface area contributed by atoms with Gasteiger partial charge in [0.05, 0.1) is 6.61 Å². The van der Waals surface area contributed by atoms with E-state index in [0.717, 1.165) is 5.56 Å². The van der Waals surface area contributed by atoms with Gasteiger partial charge in [-0.1, -0.05) is 97.1 Å². The molecular formula is C24H20O. The Kier molecular flexibility index (Phi) is 4.32. The Morgan fingerprint density at radius 1 is 0.560 bits per heavy atom. The molecular weight excluding hydrogens is 304 g/mol. The van der Waals surface area contributed by atoms with Crippen LogP contribution in [0.2, 0.25) is 0 Å². The maximum Gasteiger partial charge on any atom is 0.0681 e. The van der Waals surface area contributed by atoms with Gasteiger partial charge in [0, 0.05) is 5.92 Å². The molecule has 0 saturated heterocycles. The van der Waals surface area contributed by atoms with Crippen LogP contribution in [0.5, 0.6) is 0 Å². The minimum absolute atomic E-state index is 0.0757. The molecule has 0 aliphatic carbocycles. The Balaban J connectivity index is 1.86. The summed E-state index contributed by atoms with van der Waals surface area (Å²) in [6.07, 6.45) is 0. The number of rotatable bonds is 4. The first-order chi connectivity index (χ1) is 12.3. The molecule has 0 aromatic heterocycles. The van der Waals surface area contributed by atoms with Gasteiger partial charge in [-0.25, -0.2) is 0 Å². The molecule has 0 bridgehead atoms. The molecule has 0 fully saturated rings. The van der Waals surface area contributed by atoms with E-state index < -0.39 is 0 Å². The smallest absolute Gasteiger partial charge is 0.0681 e. The van der Waals surface area contributed by atoms with Gasteiger partial charge in [0.1, 0.15) is 0 Å². The fraction of sp³-hybridized carbons (Fsp3) is 0.0833. The topological polar surface area (TPSA) is 20.2 Å². The number of fused-ring (bicyclic) bond motifs is 1. The zero-order valence-corrected chi connectivity index (χ0v) is 14.0. The minimum Gasteiger partial charge on any atom is -0.392 e.